The van der Waals surface area contributed by atoms with Crippen LogP contribution in [0.25, 0.3) is 11.4 Å². The molecule has 9 heteroatoms. The Morgan fingerprint density at radius 3 is 2.72 bits per heavy atom. The van der Waals surface area contributed by atoms with Crippen molar-refractivity contribution < 1.29 is 14.1 Å². The van der Waals surface area contributed by atoms with Crippen LogP contribution in [0.3, 0.4) is 0 Å². The van der Waals surface area contributed by atoms with Crippen molar-refractivity contribution in [1.82, 2.24) is 14.8 Å². The van der Waals surface area contributed by atoms with Crippen molar-refractivity contribution in [2.75, 3.05) is 5.75 Å². The van der Waals surface area contributed by atoms with E-state index < -0.39 is 4.92 Å². The topological polar surface area (TPSA) is 90.9 Å². The summed E-state index contributed by atoms with van der Waals surface area (Å²) in [6.07, 6.45) is 1.90. The lowest BCUT2D eigenvalue weighted by molar-refractivity contribution is -0.385. The number of aromatic nitrogens is 3. The number of rotatable bonds is 7. The second-order valence-electron chi connectivity index (χ2n) is 6.86. The molecule has 0 unspecified atom stereocenters. The minimum Gasteiger partial charge on any atom is -0.299 e. The molecule has 0 aliphatic heterocycles. The summed E-state index contributed by atoms with van der Waals surface area (Å²) in [5.74, 6) is -0.105. The van der Waals surface area contributed by atoms with Gasteiger partial charge in [0.25, 0.3) is 5.69 Å². The molecule has 2 aromatic carbocycles. The summed E-state index contributed by atoms with van der Waals surface area (Å²) in [5, 5.41) is 20.0. The van der Waals surface area contributed by atoms with E-state index in [0.29, 0.717) is 22.1 Å². The Morgan fingerprint density at radius 2 is 2.03 bits per heavy atom. The number of nitrogens with zero attached hydrogens (tertiary/aromatic N) is 4. The first-order chi connectivity index (χ1) is 14.0. The van der Waals surface area contributed by atoms with Crippen LogP contribution in [0, 0.1) is 22.9 Å². The summed E-state index contributed by atoms with van der Waals surface area (Å²) >= 11 is 1.21. The fraction of sp³-hybridized carbons (Fsp3) is 0.250. The van der Waals surface area contributed by atoms with Crippen LogP contribution >= 0.6 is 11.8 Å². The summed E-state index contributed by atoms with van der Waals surface area (Å²) in [4.78, 5) is 23.2. The van der Waals surface area contributed by atoms with Crippen LogP contribution in [0.2, 0.25) is 0 Å². The number of carbonyl (C=O) groups excluding carboxylic acids is 1. The van der Waals surface area contributed by atoms with Crippen LogP contribution in [0.5, 0.6) is 0 Å². The largest absolute Gasteiger partial charge is 0.299 e. The Labute approximate surface area is 170 Å². The van der Waals surface area contributed by atoms with Crippen molar-refractivity contribution in [2.24, 2.45) is 0 Å². The zero-order valence-electron chi connectivity index (χ0n) is 15.5. The Bertz CT molecular complexity index is 1110. The van der Waals surface area contributed by atoms with Crippen molar-refractivity contribution in [2.45, 2.75) is 31.0 Å². The van der Waals surface area contributed by atoms with Crippen molar-refractivity contribution in [3.63, 3.8) is 0 Å². The van der Waals surface area contributed by atoms with E-state index in [0.717, 1.165) is 12.8 Å². The molecule has 0 bridgehead atoms. The fourth-order valence-electron chi connectivity index (χ4n) is 3.06. The Hall–Kier alpha value is -3.07. The second kappa shape index (κ2) is 7.75. The average Bonchev–Trinajstić information content (AvgIpc) is 3.46. The van der Waals surface area contributed by atoms with E-state index in [4.69, 9.17) is 0 Å². The zero-order chi connectivity index (χ0) is 20.5. The number of thioether (sulfide) groups is 1. The molecule has 7 nitrogen and oxygen atoms in total. The van der Waals surface area contributed by atoms with Gasteiger partial charge in [0.15, 0.2) is 16.8 Å². The van der Waals surface area contributed by atoms with Gasteiger partial charge in [-0.2, -0.15) is 0 Å². The van der Waals surface area contributed by atoms with Gasteiger partial charge in [0.05, 0.1) is 16.2 Å². The standard InChI is InChI=1S/C20H17FN4O3S/c1-12-6-7-13(10-17(12)25(27)28)18(26)11-29-20-23-22-19(24(20)14-8-9-14)15-4-2-3-5-16(15)21/h2-7,10,14H,8-9,11H2,1H3. The van der Waals surface area contributed by atoms with Gasteiger partial charge in [-0.25, -0.2) is 4.39 Å². The highest BCUT2D eigenvalue weighted by Crippen LogP contribution is 2.41. The number of ketones is 1. The number of hydrogen-bond acceptors (Lipinski definition) is 6. The Morgan fingerprint density at radius 1 is 1.28 bits per heavy atom. The number of benzene rings is 2. The normalized spacial score (nSPS) is 13.4. The molecule has 0 amide bonds. The van der Waals surface area contributed by atoms with E-state index in [-0.39, 0.29) is 34.6 Å². The number of Topliss-reactive ketones (excluding diaryl/α,β-unsaturated/α-hetero) is 1. The molecule has 0 N–H and O–H groups in total. The second-order valence-corrected chi connectivity index (χ2v) is 7.80. The van der Waals surface area contributed by atoms with Crippen molar-refractivity contribution >= 4 is 23.2 Å². The molecular formula is C20H17FN4O3S. The third kappa shape index (κ3) is 3.91. The zero-order valence-corrected chi connectivity index (χ0v) is 16.4. The number of halogens is 1. The van der Waals surface area contributed by atoms with Crippen LogP contribution in [-0.2, 0) is 0 Å². The molecule has 0 atom stereocenters. The summed E-state index contributed by atoms with van der Waals surface area (Å²) in [6.45, 7) is 1.63. The number of hydrogen-bond donors (Lipinski definition) is 0. The van der Waals surface area contributed by atoms with Crippen LogP contribution in [0.15, 0.2) is 47.6 Å². The highest BCUT2D eigenvalue weighted by Gasteiger charge is 2.31. The molecule has 0 spiro atoms. The quantitative estimate of drug-likeness (QED) is 0.244. The smallest absolute Gasteiger partial charge is 0.273 e. The molecule has 1 aliphatic rings. The highest BCUT2D eigenvalue weighted by molar-refractivity contribution is 7.99. The molecule has 1 fully saturated rings. The van der Waals surface area contributed by atoms with E-state index >= 15 is 0 Å². The predicted molar refractivity (Wildman–Crippen MR) is 107 cm³/mol. The van der Waals surface area contributed by atoms with E-state index in [1.54, 1.807) is 37.3 Å². The van der Waals surface area contributed by atoms with Gasteiger partial charge >= 0.3 is 0 Å². The molecule has 4 rings (SSSR count). The number of carbonyl (C=O) groups is 1. The van der Waals surface area contributed by atoms with Crippen molar-refractivity contribution in [1.29, 1.82) is 0 Å². The first kappa shape index (κ1) is 19.3. The minimum atomic E-state index is -0.496. The van der Waals surface area contributed by atoms with Crippen LogP contribution < -0.4 is 0 Å². The van der Waals surface area contributed by atoms with Crippen molar-refractivity contribution in [3.8, 4) is 11.4 Å². The Kier molecular flexibility index (Phi) is 5.14. The molecule has 1 aliphatic carbocycles. The summed E-state index contributed by atoms with van der Waals surface area (Å²) in [5.41, 5.74) is 1.08. The van der Waals surface area contributed by atoms with E-state index in [1.807, 2.05) is 4.57 Å². The lowest BCUT2D eigenvalue weighted by Gasteiger charge is -2.09. The first-order valence-electron chi connectivity index (χ1n) is 9.06. The maximum Gasteiger partial charge on any atom is 0.273 e. The van der Waals surface area contributed by atoms with E-state index in [9.17, 15) is 19.3 Å². The van der Waals surface area contributed by atoms with E-state index in [1.165, 1.54) is 23.9 Å². The molecule has 1 aromatic heterocycles. The molecule has 0 radical (unpaired) electrons. The summed E-state index contributed by atoms with van der Waals surface area (Å²) in [7, 11) is 0. The molecule has 1 heterocycles. The maximum absolute atomic E-state index is 14.2. The third-order valence-corrected chi connectivity index (χ3v) is 5.69. The molecule has 29 heavy (non-hydrogen) atoms. The van der Waals surface area contributed by atoms with Gasteiger partial charge in [-0.05, 0) is 31.9 Å². The monoisotopic (exact) mass is 412 g/mol. The van der Waals surface area contributed by atoms with Gasteiger partial charge in [0.1, 0.15) is 5.82 Å². The van der Waals surface area contributed by atoms with Crippen LogP contribution in [0.4, 0.5) is 10.1 Å². The fourth-order valence-corrected chi connectivity index (χ4v) is 3.96. The molecular weight excluding hydrogens is 395 g/mol. The van der Waals surface area contributed by atoms with Gasteiger partial charge in [0.2, 0.25) is 0 Å². The van der Waals surface area contributed by atoms with Gasteiger partial charge in [-0.1, -0.05) is 36.0 Å². The van der Waals surface area contributed by atoms with Gasteiger partial charge in [-0.15, -0.1) is 10.2 Å². The van der Waals surface area contributed by atoms with Gasteiger partial charge in [0, 0.05) is 23.2 Å². The van der Waals surface area contributed by atoms with Crippen LogP contribution in [0.1, 0.15) is 34.8 Å². The highest BCUT2D eigenvalue weighted by atomic mass is 32.2. The minimum absolute atomic E-state index is 0.0579. The lowest BCUT2D eigenvalue weighted by atomic mass is 10.1. The molecule has 1 saturated carbocycles. The molecule has 3 aromatic rings. The number of nitro benzene ring substituents is 1. The predicted octanol–water partition coefficient (Wildman–Crippen LogP) is 4.61. The molecule has 0 saturated heterocycles. The van der Waals surface area contributed by atoms with E-state index in [2.05, 4.69) is 10.2 Å². The SMILES string of the molecule is Cc1ccc(C(=O)CSc2nnc(-c3ccccc3F)n2C2CC2)cc1[N+](=O)[O-]. The third-order valence-electron chi connectivity index (χ3n) is 4.75. The number of nitro groups is 1. The summed E-state index contributed by atoms with van der Waals surface area (Å²) in [6, 6.07) is 11.0. The summed E-state index contributed by atoms with van der Waals surface area (Å²) < 4.78 is 16.1. The first-order valence-corrected chi connectivity index (χ1v) is 10.0. The van der Waals surface area contributed by atoms with Gasteiger partial charge in [-0.3, -0.25) is 19.5 Å². The number of aryl methyl sites for hydroxylation is 1. The van der Waals surface area contributed by atoms with Crippen molar-refractivity contribution in [3.05, 3.63) is 69.5 Å². The Balaban J connectivity index is 1.57. The lowest BCUT2D eigenvalue weighted by Crippen LogP contribution is -2.06. The van der Waals surface area contributed by atoms with Gasteiger partial charge < -0.3 is 0 Å². The average molecular weight is 412 g/mol. The maximum atomic E-state index is 14.2. The van der Waals surface area contributed by atoms with Crippen LogP contribution in [-0.4, -0.2) is 31.2 Å². The molecule has 148 valence electrons.